The van der Waals surface area contributed by atoms with Gasteiger partial charge < -0.3 is 14.8 Å². The molecule has 1 aliphatic rings. The van der Waals surface area contributed by atoms with E-state index in [4.69, 9.17) is 9.72 Å². The molecule has 1 aliphatic carbocycles. The number of aliphatic hydroxyl groups is 1. The maximum Gasteiger partial charge on any atom is 0.193 e. The minimum atomic E-state index is -0.946. The van der Waals surface area contributed by atoms with Gasteiger partial charge in [-0.1, -0.05) is 30.3 Å². The molecule has 5 heteroatoms. The van der Waals surface area contributed by atoms with Crippen molar-refractivity contribution >= 4 is 27.6 Å². The summed E-state index contributed by atoms with van der Waals surface area (Å²) in [4.78, 5) is 21.1. The summed E-state index contributed by atoms with van der Waals surface area (Å²) in [5, 5.41) is 12.0. The topological polar surface area (TPSA) is 75.2 Å². The summed E-state index contributed by atoms with van der Waals surface area (Å²) in [6.07, 6.45) is 0.734. The van der Waals surface area contributed by atoms with Gasteiger partial charge in [-0.2, -0.15) is 0 Å². The fourth-order valence-electron chi connectivity index (χ4n) is 4.12. The van der Waals surface area contributed by atoms with Crippen LogP contribution >= 0.6 is 0 Å². The van der Waals surface area contributed by atoms with Crippen LogP contribution in [0, 0.1) is 0 Å². The summed E-state index contributed by atoms with van der Waals surface area (Å²) in [5.74, 6) is 0.594. The highest BCUT2D eigenvalue weighted by molar-refractivity contribution is 6.20. The molecule has 1 atom stereocenters. The molecular formula is C23H20N2O3. The standard InChI is InChI=1S/C23H20N2O3/c1-28-14-8-6-13(7-9-14)12-18-22-20(15-4-2-3-5-16(15)25-22)21-17(24-18)10-11-19(26)23(21)27/h2-9,19,25-26H,10-12H2,1H3. The number of para-hydroxylation sites is 1. The van der Waals surface area contributed by atoms with Crippen molar-refractivity contribution in [2.75, 3.05) is 7.11 Å². The number of carbonyl (C=O) groups excluding carboxylic acids is 1. The van der Waals surface area contributed by atoms with E-state index in [1.807, 2.05) is 48.5 Å². The van der Waals surface area contributed by atoms with E-state index in [-0.39, 0.29) is 5.78 Å². The third-order valence-corrected chi connectivity index (χ3v) is 5.54. The van der Waals surface area contributed by atoms with Gasteiger partial charge in [0.05, 0.1) is 29.6 Å². The average Bonchev–Trinajstić information content (AvgIpc) is 3.11. The molecule has 2 aromatic carbocycles. The average molecular weight is 372 g/mol. The summed E-state index contributed by atoms with van der Waals surface area (Å²) in [5.41, 5.74) is 5.24. The van der Waals surface area contributed by atoms with E-state index in [1.165, 1.54) is 0 Å². The maximum absolute atomic E-state index is 12.8. The molecule has 0 amide bonds. The molecule has 2 aromatic heterocycles. The van der Waals surface area contributed by atoms with Gasteiger partial charge in [0, 0.05) is 22.7 Å². The molecular weight excluding hydrogens is 352 g/mol. The second kappa shape index (κ2) is 6.46. The molecule has 0 fully saturated rings. The molecule has 5 rings (SSSR count). The number of methoxy groups -OCH3 is 1. The van der Waals surface area contributed by atoms with E-state index >= 15 is 0 Å². The Labute approximate surface area is 162 Å². The summed E-state index contributed by atoms with van der Waals surface area (Å²) in [7, 11) is 1.65. The van der Waals surface area contributed by atoms with E-state index in [0.717, 1.165) is 44.5 Å². The lowest BCUT2D eigenvalue weighted by Crippen LogP contribution is -2.28. The molecule has 28 heavy (non-hydrogen) atoms. The zero-order valence-electron chi connectivity index (χ0n) is 15.5. The summed E-state index contributed by atoms with van der Waals surface area (Å²) in [6, 6.07) is 15.9. The van der Waals surface area contributed by atoms with Gasteiger partial charge in [0.1, 0.15) is 11.9 Å². The van der Waals surface area contributed by atoms with Crippen molar-refractivity contribution in [2.24, 2.45) is 0 Å². The monoisotopic (exact) mass is 372 g/mol. The first kappa shape index (κ1) is 17.0. The number of aromatic nitrogens is 2. The third-order valence-electron chi connectivity index (χ3n) is 5.54. The van der Waals surface area contributed by atoms with Crippen LogP contribution in [0.25, 0.3) is 21.8 Å². The van der Waals surface area contributed by atoms with Crippen molar-refractivity contribution in [3.63, 3.8) is 0 Å². The Bertz CT molecular complexity index is 1210. The van der Waals surface area contributed by atoms with Crippen molar-refractivity contribution in [3.8, 4) is 5.75 Å². The van der Waals surface area contributed by atoms with Crippen molar-refractivity contribution in [2.45, 2.75) is 25.4 Å². The molecule has 0 saturated carbocycles. The quantitative estimate of drug-likeness (QED) is 0.573. The van der Waals surface area contributed by atoms with Gasteiger partial charge in [0.15, 0.2) is 5.78 Å². The van der Waals surface area contributed by atoms with E-state index < -0.39 is 6.10 Å². The first-order chi connectivity index (χ1) is 13.7. The lowest BCUT2D eigenvalue weighted by molar-refractivity contribution is 0.0713. The Morgan fingerprint density at radius 2 is 1.96 bits per heavy atom. The van der Waals surface area contributed by atoms with Gasteiger partial charge in [-0.3, -0.25) is 9.78 Å². The number of nitrogens with zero attached hydrogens (tertiary/aromatic N) is 1. The number of rotatable bonds is 3. The van der Waals surface area contributed by atoms with Crippen molar-refractivity contribution in [1.29, 1.82) is 0 Å². The van der Waals surface area contributed by atoms with Crippen LogP contribution in [0.2, 0.25) is 0 Å². The van der Waals surface area contributed by atoms with Crippen LogP contribution in [0.5, 0.6) is 5.75 Å². The van der Waals surface area contributed by atoms with Gasteiger partial charge >= 0.3 is 0 Å². The SMILES string of the molecule is COc1ccc(Cc2nc3c(c4c2[nH]c2ccccc24)C(=O)C(O)CC3)cc1. The highest BCUT2D eigenvalue weighted by Crippen LogP contribution is 2.35. The Hall–Kier alpha value is -3.18. The number of H-pyrrole nitrogens is 1. The molecule has 140 valence electrons. The van der Waals surface area contributed by atoms with Crippen molar-refractivity contribution < 1.29 is 14.6 Å². The molecule has 4 aromatic rings. The molecule has 5 nitrogen and oxygen atoms in total. The molecule has 0 saturated heterocycles. The van der Waals surface area contributed by atoms with Crippen LogP contribution < -0.4 is 4.74 Å². The van der Waals surface area contributed by atoms with Gasteiger partial charge in [-0.25, -0.2) is 0 Å². The van der Waals surface area contributed by atoms with Gasteiger partial charge in [0.2, 0.25) is 0 Å². The first-order valence-electron chi connectivity index (χ1n) is 9.43. The van der Waals surface area contributed by atoms with Crippen LogP contribution in [0.1, 0.15) is 33.7 Å². The Kier molecular flexibility index (Phi) is 3.91. The van der Waals surface area contributed by atoms with Gasteiger partial charge in [-0.05, 0) is 36.6 Å². The number of nitrogens with one attached hydrogen (secondary N) is 1. The van der Waals surface area contributed by atoms with Gasteiger partial charge in [0.25, 0.3) is 0 Å². The zero-order chi connectivity index (χ0) is 19.3. The van der Waals surface area contributed by atoms with E-state index in [1.54, 1.807) is 7.11 Å². The van der Waals surface area contributed by atoms with E-state index in [0.29, 0.717) is 24.8 Å². The predicted octanol–water partition coefficient (Wildman–Crippen LogP) is 3.81. The van der Waals surface area contributed by atoms with Crippen molar-refractivity contribution in [3.05, 3.63) is 71.0 Å². The van der Waals surface area contributed by atoms with E-state index in [9.17, 15) is 9.90 Å². The van der Waals surface area contributed by atoms with Gasteiger partial charge in [-0.15, -0.1) is 0 Å². The minimum Gasteiger partial charge on any atom is -0.497 e. The predicted molar refractivity (Wildman–Crippen MR) is 108 cm³/mol. The number of carbonyl (C=O) groups is 1. The number of benzene rings is 2. The maximum atomic E-state index is 12.8. The second-order valence-corrected chi connectivity index (χ2v) is 7.24. The lowest BCUT2D eigenvalue weighted by Gasteiger charge is -2.21. The van der Waals surface area contributed by atoms with Crippen LogP contribution in [0.15, 0.2) is 48.5 Å². The van der Waals surface area contributed by atoms with Crippen LogP contribution in [0.4, 0.5) is 0 Å². The highest BCUT2D eigenvalue weighted by Gasteiger charge is 2.31. The van der Waals surface area contributed by atoms with Crippen LogP contribution in [0.3, 0.4) is 0 Å². The summed E-state index contributed by atoms with van der Waals surface area (Å²) < 4.78 is 5.24. The first-order valence-corrected chi connectivity index (χ1v) is 9.43. The van der Waals surface area contributed by atoms with Crippen LogP contribution in [-0.2, 0) is 12.8 Å². The zero-order valence-corrected chi connectivity index (χ0v) is 15.5. The number of Topliss-reactive ketones (excluding diaryl/α,β-unsaturated/α-hetero) is 1. The molecule has 2 N–H and O–H groups in total. The highest BCUT2D eigenvalue weighted by atomic mass is 16.5. The molecule has 0 aliphatic heterocycles. The van der Waals surface area contributed by atoms with Crippen LogP contribution in [-0.4, -0.2) is 34.1 Å². The third kappa shape index (κ3) is 2.59. The second-order valence-electron chi connectivity index (χ2n) is 7.24. The molecule has 0 bridgehead atoms. The number of aliphatic hydroxyl groups excluding tert-OH is 1. The molecule has 0 spiro atoms. The number of hydrogen-bond acceptors (Lipinski definition) is 4. The summed E-state index contributed by atoms with van der Waals surface area (Å²) in [6.45, 7) is 0. The lowest BCUT2D eigenvalue weighted by atomic mass is 9.88. The number of fused-ring (bicyclic) bond motifs is 5. The fourth-order valence-corrected chi connectivity index (χ4v) is 4.12. The Morgan fingerprint density at radius 3 is 2.75 bits per heavy atom. The largest absolute Gasteiger partial charge is 0.497 e. The summed E-state index contributed by atoms with van der Waals surface area (Å²) >= 11 is 0. The number of ketones is 1. The number of aryl methyl sites for hydroxylation is 1. The van der Waals surface area contributed by atoms with Crippen molar-refractivity contribution in [1.82, 2.24) is 9.97 Å². The molecule has 2 heterocycles. The fraction of sp³-hybridized carbons (Fsp3) is 0.217. The minimum absolute atomic E-state index is 0.223. The normalized spacial score (nSPS) is 16.5. The Morgan fingerprint density at radius 1 is 1.18 bits per heavy atom. The smallest absolute Gasteiger partial charge is 0.193 e. The molecule has 1 unspecified atom stereocenters. The molecule has 0 radical (unpaired) electrons. The number of pyridine rings is 1. The number of aromatic amines is 1. The number of ether oxygens (including phenoxy) is 1. The Balaban J connectivity index is 1.74. The van der Waals surface area contributed by atoms with E-state index in [2.05, 4.69) is 4.98 Å². The number of hydrogen-bond donors (Lipinski definition) is 2.